The van der Waals surface area contributed by atoms with Crippen LogP contribution in [0.2, 0.25) is 0 Å². The quantitative estimate of drug-likeness (QED) is 0.605. The summed E-state index contributed by atoms with van der Waals surface area (Å²) in [6.07, 6.45) is 1.86. The van der Waals surface area contributed by atoms with Crippen LogP contribution in [0.4, 0.5) is 0 Å². The minimum atomic E-state index is 0.775. The van der Waals surface area contributed by atoms with E-state index < -0.39 is 0 Å². The highest BCUT2D eigenvalue weighted by Crippen LogP contribution is 2.20. The van der Waals surface area contributed by atoms with Crippen molar-refractivity contribution in [2.45, 2.75) is 0 Å². The number of pyridine rings is 1. The second-order valence-electron chi connectivity index (χ2n) is 3.09. The molecule has 2 heterocycles. The van der Waals surface area contributed by atoms with Gasteiger partial charge in [-0.3, -0.25) is 4.37 Å². The number of hydrogen-bond acceptors (Lipinski definition) is 4. The molecule has 2 aromatic heterocycles. The van der Waals surface area contributed by atoms with Crippen molar-refractivity contribution in [2.24, 2.45) is 0 Å². The Morgan fingerprint density at radius 2 is 2.07 bits per heavy atom. The summed E-state index contributed by atoms with van der Waals surface area (Å²) in [6.45, 7) is 0. The summed E-state index contributed by atoms with van der Waals surface area (Å²) >= 11 is 0. The molecule has 0 saturated heterocycles. The standard InChI is InChI=1S/C10H7N3S2/c1-2-4-7-6-11-10-9(8(7)5-3-1)12-14-15-13-10/h1-6,12H. The Bertz CT molecular complexity index is 648. The van der Waals surface area contributed by atoms with Gasteiger partial charge in [-0.05, 0) is 0 Å². The summed E-state index contributed by atoms with van der Waals surface area (Å²) in [6, 6.07) is 10.2. The van der Waals surface area contributed by atoms with Crippen molar-refractivity contribution in [2.75, 3.05) is 0 Å². The van der Waals surface area contributed by atoms with Gasteiger partial charge in [0, 0.05) is 38.0 Å². The zero-order valence-electron chi connectivity index (χ0n) is 7.68. The maximum atomic E-state index is 4.31. The molecule has 0 amide bonds. The molecule has 1 N–H and O–H groups in total. The van der Waals surface area contributed by atoms with Crippen LogP contribution < -0.4 is 0 Å². The van der Waals surface area contributed by atoms with Crippen LogP contribution in [0.5, 0.6) is 0 Å². The van der Waals surface area contributed by atoms with Crippen LogP contribution in [0.25, 0.3) is 21.9 Å². The van der Waals surface area contributed by atoms with Gasteiger partial charge in [-0.15, -0.1) is 0 Å². The van der Waals surface area contributed by atoms with Gasteiger partial charge in [0.25, 0.3) is 0 Å². The molecule has 0 spiro atoms. The molecule has 3 aromatic rings. The molecular weight excluding hydrogens is 226 g/mol. The molecule has 0 bridgehead atoms. The molecule has 0 fully saturated rings. The van der Waals surface area contributed by atoms with Crippen LogP contribution in [0.1, 0.15) is 0 Å². The highest BCUT2D eigenvalue weighted by Gasteiger charge is 2.00. The predicted octanol–water partition coefficient (Wildman–Crippen LogP) is 3.36. The Morgan fingerprint density at radius 1 is 1.13 bits per heavy atom. The molecule has 74 valence electrons. The molecule has 5 heteroatoms. The number of aromatic amines is 1. The number of aromatic nitrogens is 3. The number of nitrogens with one attached hydrogen (secondary N) is 1. The van der Waals surface area contributed by atoms with Crippen molar-refractivity contribution in [1.82, 2.24) is 13.7 Å². The van der Waals surface area contributed by atoms with Crippen LogP contribution in [-0.2, 0) is 0 Å². The van der Waals surface area contributed by atoms with Gasteiger partial charge in [0.15, 0.2) is 5.65 Å². The lowest BCUT2D eigenvalue weighted by atomic mass is 10.2. The van der Waals surface area contributed by atoms with Crippen molar-refractivity contribution in [3.63, 3.8) is 0 Å². The summed E-state index contributed by atoms with van der Waals surface area (Å²) in [5.74, 6) is 0. The summed E-state index contributed by atoms with van der Waals surface area (Å²) in [5, 5.41) is 2.27. The normalized spacial score (nSPS) is 10.7. The van der Waals surface area contributed by atoms with Crippen molar-refractivity contribution in [3.05, 3.63) is 36.5 Å². The van der Waals surface area contributed by atoms with Crippen LogP contribution in [0.15, 0.2) is 36.5 Å². The molecular formula is C10H7N3S2. The zero-order chi connectivity index (χ0) is 10.1. The molecule has 0 aliphatic carbocycles. The van der Waals surface area contributed by atoms with E-state index in [9.17, 15) is 0 Å². The van der Waals surface area contributed by atoms with E-state index in [-0.39, 0.29) is 0 Å². The third kappa shape index (κ3) is 1.49. The lowest BCUT2D eigenvalue weighted by Crippen LogP contribution is -1.83. The van der Waals surface area contributed by atoms with Gasteiger partial charge in [0.1, 0.15) is 5.52 Å². The Hall–Kier alpha value is -1.46. The molecule has 15 heavy (non-hydrogen) atoms. The van der Waals surface area contributed by atoms with Gasteiger partial charge >= 0.3 is 0 Å². The van der Waals surface area contributed by atoms with Gasteiger partial charge in [-0.2, -0.15) is 4.37 Å². The first-order valence-electron chi connectivity index (χ1n) is 4.46. The summed E-state index contributed by atoms with van der Waals surface area (Å²) < 4.78 is 7.51. The average molecular weight is 233 g/mol. The van der Waals surface area contributed by atoms with E-state index in [0.717, 1.165) is 21.9 Å². The summed E-state index contributed by atoms with van der Waals surface area (Å²) in [5.41, 5.74) is 1.78. The molecule has 0 saturated carbocycles. The van der Waals surface area contributed by atoms with E-state index in [4.69, 9.17) is 0 Å². The molecule has 1 aromatic carbocycles. The monoisotopic (exact) mass is 233 g/mol. The third-order valence-electron chi connectivity index (χ3n) is 2.20. The van der Waals surface area contributed by atoms with Crippen LogP contribution >= 0.6 is 21.1 Å². The minimum Gasteiger partial charge on any atom is -0.297 e. The number of H-pyrrole nitrogens is 1. The first-order chi connectivity index (χ1) is 7.45. The second kappa shape index (κ2) is 3.60. The molecule has 0 radical (unpaired) electrons. The lowest BCUT2D eigenvalue weighted by Gasteiger charge is -1.97. The number of nitrogens with zero attached hydrogens (tertiary/aromatic N) is 2. The van der Waals surface area contributed by atoms with E-state index in [1.165, 1.54) is 21.1 Å². The predicted molar refractivity (Wildman–Crippen MR) is 64.8 cm³/mol. The molecule has 3 rings (SSSR count). The van der Waals surface area contributed by atoms with Crippen molar-refractivity contribution >= 4 is 43.0 Å². The largest absolute Gasteiger partial charge is 0.297 e. The van der Waals surface area contributed by atoms with Crippen LogP contribution in [0.3, 0.4) is 0 Å². The van der Waals surface area contributed by atoms with Gasteiger partial charge in [-0.1, -0.05) is 30.3 Å². The topological polar surface area (TPSA) is 41.6 Å². The maximum Gasteiger partial charge on any atom is 0.190 e. The second-order valence-corrected chi connectivity index (χ2v) is 4.74. The fourth-order valence-electron chi connectivity index (χ4n) is 1.50. The van der Waals surface area contributed by atoms with Gasteiger partial charge in [0.05, 0.1) is 0 Å². The van der Waals surface area contributed by atoms with Crippen molar-refractivity contribution in [3.8, 4) is 0 Å². The van der Waals surface area contributed by atoms with Crippen LogP contribution in [0, 0.1) is 0 Å². The van der Waals surface area contributed by atoms with E-state index in [1.54, 1.807) is 0 Å². The average Bonchev–Trinajstić information content (AvgIpc) is 2.54. The highest BCUT2D eigenvalue weighted by molar-refractivity contribution is 7.64. The smallest absolute Gasteiger partial charge is 0.190 e. The third-order valence-corrected chi connectivity index (χ3v) is 3.50. The molecule has 0 aliphatic heterocycles. The highest BCUT2D eigenvalue weighted by atomic mass is 32.9. The number of rotatable bonds is 0. The van der Waals surface area contributed by atoms with Crippen LogP contribution in [-0.4, -0.2) is 13.7 Å². The van der Waals surface area contributed by atoms with Gasteiger partial charge in [-0.25, -0.2) is 4.98 Å². The van der Waals surface area contributed by atoms with Crippen molar-refractivity contribution in [1.29, 1.82) is 0 Å². The molecule has 3 nitrogen and oxygen atoms in total. The van der Waals surface area contributed by atoms with E-state index in [2.05, 4.69) is 25.9 Å². The molecule has 0 unspecified atom stereocenters. The summed E-state index contributed by atoms with van der Waals surface area (Å²) in [7, 11) is 2.92. The van der Waals surface area contributed by atoms with E-state index in [1.807, 2.05) is 24.4 Å². The first kappa shape index (κ1) is 8.82. The molecule has 0 aliphatic rings. The van der Waals surface area contributed by atoms with Gasteiger partial charge in [0.2, 0.25) is 0 Å². The van der Waals surface area contributed by atoms with Gasteiger partial charge < -0.3 is 0 Å². The first-order valence-corrected chi connectivity index (χ1v) is 6.56. The Kier molecular flexibility index (Phi) is 2.12. The number of fused-ring (bicyclic) bond motifs is 3. The van der Waals surface area contributed by atoms with Crippen molar-refractivity contribution < 1.29 is 0 Å². The summed E-state index contributed by atoms with van der Waals surface area (Å²) in [4.78, 5) is 4.31. The SMILES string of the molecule is c1ccc2cnc3nss[nH]c3c2cc1. The maximum absolute atomic E-state index is 4.31. The Balaban J connectivity index is 2.61. The number of hydrogen-bond donors (Lipinski definition) is 1. The molecule has 0 atom stereocenters. The zero-order valence-corrected chi connectivity index (χ0v) is 9.31. The fraction of sp³-hybridized carbons (Fsp3) is 0. The fourth-order valence-corrected chi connectivity index (χ4v) is 2.75. The Labute approximate surface area is 93.4 Å². The minimum absolute atomic E-state index is 0.775. The Morgan fingerprint density at radius 3 is 3.07 bits per heavy atom. The lowest BCUT2D eigenvalue weighted by molar-refractivity contribution is 1.37. The van der Waals surface area contributed by atoms with E-state index >= 15 is 0 Å². The van der Waals surface area contributed by atoms with E-state index in [0.29, 0.717) is 0 Å².